The number of carbonyl (C=O) groups is 3. The molecule has 3 atom stereocenters. The van der Waals surface area contributed by atoms with Gasteiger partial charge in [0, 0.05) is 6.42 Å². The lowest BCUT2D eigenvalue weighted by molar-refractivity contribution is -0.160. The van der Waals surface area contributed by atoms with Crippen LogP contribution in [0, 0.1) is 0 Å². The Balaban J connectivity index is 4.52. The molecule has 0 fully saturated rings. The van der Waals surface area contributed by atoms with Gasteiger partial charge in [-0.2, -0.15) is 0 Å². The van der Waals surface area contributed by atoms with Gasteiger partial charge in [0.2, 0.25) is 0 Å². The van der Waals surface area contributed by atoms with Crippen LogP contribution in [-0.2, 0) is 37.5 Å². The van der Waals surface area contributed by atoms with Crippen molar-refractivity contribution in [3.05, 3.63) is 97.2 Å². The molecule has 0 heterocycles. The van der Waals surface area contributed by atoms with Gasteiger partial charge in [-0.3, -0.25) is 23.4 Å². The molecule has 0 rings (SSSR count). The molecule has 3 unspecified atom stereocenters. The summed E-state index contributed by atoms with van der Waals surface area (Å²) in [6, 6.07) is -1.54. The first-order valence-electron chi connectivity index (χ1n) is 21.3. The van der Waals surface area contributed by atoms with Crippen molar-refractivity contribution in [3.63, 3.8) is 0 Å². The summed E-state index contributed by atoms with van der Waals surface area (Å²) in [6.07, 6.45) is 50.7. The Bertz CT molecular complexity index is 1350. The van der Waals surface area contributed by atoms with E-state index in [1.54, 1.807) is 6.08 Å². The highest BCUT2D eigenvalue weighted by atomic mass is 31.2. The van der Waals surface area contributed by atoms with Gasteiger partial charge in [0.25, 0.3) is 0 Å². The molecule has 0 aromatic heterocycles. The van der Waals surface area contributed by atoms with Crippen LogP contribution < -0.4 is 5.73 Å². The molecule has 0 saturated carbocycles. The van der Waals surface area contributed by atoms with Crippen molar-refractivity contribution in [3.8, 4) is 0 Å². The van der Waals surface area contributed by atoms with Gasteiger partial charge in [0.05, 0.1) is 19.6 Å². The molecule has 4 N–H and O–H groups in total. The number of hydrogen-bond acceptors (Lipinski definition) is 9. The van der Waals surface area contributed by atoms with Gasteiger partial charge in [-0.1, -0.05) is 150 Å². The maximum atomic E-state index is 12.5. The van der Waals surface area contributed by atoms with E-state index < -0.39 is 57.7 Å². The second-order valence-corrected chi connectivity index (χ2v) is 15.2. The van der Waals surface area contributed by atoms with Crippen LogP contribution >= 0.6 is 7.82 Å². The first-order chi connectivity index (χ1) is 28.1. The van der Waals surface area contributed by atoms with Gasteiger partial charge < -0.3 is 25.2 Å². The van der Waals surface area contributed by atoms with E-state index in [0.717, 1.165) is 77.0 Å². The molecule has 58 heavy (non-hydrogen) atoms. The van der Waals surface area contributed by atoms with Gasteiger partial charge in [-0.25, -0.2) is 4.57 Å². The maximum absolute atomic E-state index is 12.5. The Labute approximate surface area is 349 Å². The number of esters is 2. The number of carbonyl (C=O) groups excluding carboxylic acids is 2. The van der Waals surface area contributed by atoms with Crippen molar-refractivity contribution in [2.24, 2.45) is 5.73 Å². The smallest absolute Gasteiger partial charge is 0.472 e. The van der Waals surface area contributed by atoms with Crippen LogP contribution in [-0.4, -0.2) is 59.9 Å². The Kier molecular flexibility index (Phi) is 37.7. The number of allylic oxidation sites excluding steroid dienone is 15. The summed E-state index contributed by atoms with van der Waals surface area (Å²) < 4.78 is 32.5. The minimum atomic E-state index is -4.75. The summed E-state index contributed by atoms with van der Waals surface area (Å²) >= 11 is 0. The van der Waals surface area contributed by atoms with E-state index in [1.165, 1.54) is 25.7 Å². The monoisotopic (exact) mass is 832 g/mol. The van der Waals surface area contributed by atoms with Crippen LogP contribution in [0.15, 0.2) is 97.2 Å². The lowest BCUT2D eigenvalue weighted by Gasteiger charge is -2.20. The van der Waals surface area contributed by atoms with Crippen LogP contribution in [0.2, 0.25) is 0 Å². The summed E-state index contributed by atoms with van der Waals surface area (Å²) in [4.78, 5) is 45.9. The molecule has 0 aliphatic rings. The summed E-state index contributed by atoms with van der Waals surface area (Å²) in [6.45, 7) is 2.52. The minimum Gasteiger partial charge on any atom is -0.480 e. The number of phosphoric acid groups is 1. The average Bonchev–Trinajstić information content (AvgIpc) is 3.20. The molecular weight excluding hydrogens is 757 g/mol. The van der Waals surface area contributed by atoms with Crippen LogP contribution in [0.1, 0.15) is 142 Å². The van der Waals surface area contributed by atoms with Gasteiger partial charge in [-0.15, -0.1) is 0 Å². The zero-order valence-electron chi connectivity index (χ0n) is 35.3. The normalized spacial score (nSPS) is 14.7. The average molecular weight is 832 g/mol. The standard InChI is InChI=1S/C46H74NO10P/c1-3-5-7-9-11-13-15-17-19-20-21-22-24-25-27-29-31-33-35-37-44(48)54-39-42(40-55-58(52,53)56-41-43(47)46(50)51)57-45(49)38-36-34-32-30-28-26-23-18-16-14-12-10-8-6-4-2/h6,8,11-14,17-19,21-23,28,30,34,36,42-43H,3-5,7,9-10,15-16,20,24-27,29,31-33,35,37-41,47H2,1-2H3,(H,50,51)(H,52,53)/b8-6-,13-11-,14-12-,19-17-,22-21-,23-18-,30-28-,36-34-. The van der Waals surface area contributed by atoms with E-state index in [2.05, 4.69) is 91.3 Å². The number of rotatable bonds is 38. The second kappa shape index (κ2) is 40.2. The highest BCUT2D eigenvalue weighted by molar-refractivity contribution is 7.47. The first kappa shape index (κ1) is 54.4. The highest BCUT2D eigenvalue weighted by Crippen LogP contribution is 2.43. The van der Waals surface area contributed by atoms with Crippen LogP contribution in [0.5, 0.6) is 0 Å². The second-order valence-electron chi connectivity index (χ2n) is 13.8. The number of nitrogens with two attached hydrogens (primary N) is 1. The third-order valence-electron chi connectivity index (χ3n) is 8.35. The topological polar surface area (TPSA) is 172 Å². The molecule has 0 aliphatic carbocycles. The fourth-order valence-electron chi connectivity index (χ4n) is 5.03. The molecule has 12 heteroatoms. The number of carboxylic acid groups (broad SMARTS) is 1. The Hall–Kier alpha value is -3.60. The van der Waals surface area contributed by atoms with Crippen molar-refractivity contribution in [2.45, 2.75) is 154 Å². The van der Waals surface area contributed by atoms with E-state index in [1.807, 2.05) is 18.2 Å². The van der Waals surface area contributed by atoms with Crippen LogP contribution in [0.25, 0.3) is 0 Å². The van der Waals surface area contributed by atoms with E-state index in [4.69, 9.17) is 24.8 Å². The first-order valence-corrected chi connectivity index (χ1v) is 22.8. The van der Waals surface area contributed by atoms with Gasteiger partial charge in [0.15, 0.2) is 6.10 Å². The lowest BCUT2D eigenvalue weighted by atomic mass is 10.1. The minimum absolute atomic E-state index is 0.0796. The molecule has 0 aromatic rings. The number of hydrogen-bond donors (Lipinski definition) is 3. The van der Waals surface area contributed by atoms with E-state index in [0.29, 0.717) is 12.8 Å². The molecule has 0 bridgehead atoms. The SMILES string of the molecule is CC/C=C\C/C=C\C/C=C\C/C=C\C/C=C\CC(=O)OC(COC(=O)CCCCCCCC/C=C\C/C=C\C/C=C\CCCCC)COP(=O)(O)OCC(N)C(=O)O. The zero-order valence-corrected chi connectivity index (χ0v) is 36.2. The summed E-state index contributed by atoms with van der Waals surface area (Å²) in [5.41, 5.74) is 5.32. The molecule has 0 spiro atoms. The van der Waals surface area contributed by atoms with Crippen LogP contribution in [0.3, 0.4) is 0 Å². The summed E-state index contributed by atoms with van der Waals surface area (Å²) in [7, 11) is -4.75. The number of phosphoric ester groups is 1. The van der Waals surface area contributed by atoms with Gasteiger partial charge in [0.1, 0.15) is 12.6 Å². The van der Waals surface area contributed by atoms with Crippen molar-refractivity contribution in [1.82, 2.24) is 0 Å². The van der Waals surface area contributed by atoms with E-state index in [9.17, 15) is 23.8 Å². The molecule has 328 valence electrons. The van der Waals surface area contributed by atoms with Crippen molar-refractivity contribution in [2.75, 3.05) is 19.8 Å². The highest BCUT2D eigenvalue weighted by Gasteiger charge is 2.28. The third kappa shape index (κ3) is 39.2. The fraction of sp³-hybridized carbons (Fsp3) is 0.587. The number of unbranched alkanes of at least 4 members (excludes halogenated alkanes) is 9. The summed E-state index contributed by atoms with van der Waals surface area (Å²) in [5.74, 6) is -2.57. The Morgan fingerprint density at radius 1 is 0.569 bits per heavy atom. The molecule has 0 aliphatic heterocycles. The zero-order chi connectivity index (χ0) is 42.8. The summed E-state index contributed by atoms with van der Waals surface area (Å²) in [5, 5.41) is 8.88. The molecule has 0 amide bonds. The molecule has 0 saturated heterocycles. The predicted octanol–water partition coefficient (Wildman–Crippen LogP) is 11.3. The Morgan fingerprint density at radius 2 is 1.02 bits per heavy atom. The van der Waals surface area contributed by atoms with Crippen LogP contribution in [0.4, 0.5) is 0 Å². The fourth-order valence-corrected chi connectivity index (χ4v) is 5.81. The van der Waals surface area contributed by atoms with Crippen molar-refractivity contribution >= 4 is 25.7 Å². The van der Waals surface area contributed by atoms with Crippen molar-refractivity contribution in [1.29, 1.82) is 0 Å². The predicted molar refractivity (Wildman–Crippen MR) is 235 cm³/mol. The quantitative estimate of drug-likeness (QED) is 0.0234. The number of carboxylic acids is 1. The molecule has 0 radical (unpaired) electrons. The molecular formula is C46H74NO10P. The van der Waals surface area contributed by atoms with Crippen molar-refractivity contribution < 1.29 is 47.5 Å². The molecule has 11 nitrogen and oxygen atoms in total. The maximum Gasteiger partial charge on any atom is 0.472 e. The lowest BCUT2D eigenvalue weighted by Crippen LogP contribution is -2.34. The third-order valence-corrected chi connectivity index (χ3v) is 9.30. The molecule has 0 aromatic carbocycles. The van der Waals surface area contributed by atoms with E-state index in [-0.39, 0.29) is 12.8 Å². The number of aliphatic carboxylic acids is 1. The van der Waals surface area contributed by atoms with Gasteiger partial charge >= 0.3 is 25.7 Å². The number of ether oxygens (including phenoxy) is 2. The largest absolute Gasteiger partial charge is 0.480 e. The van der Waals surface area contributed by atoms with E-state index >= 15 is 0 Å². The Morgan fingerprint density at radius 3 is 1.53 bits per heavy atom. The van der Waals surface area contributed by atoms with Gasteiger partial charge in [-0.05, 0) is 77.0 Å².